The molecule has 2 nitrogen and oxygen atoms in total. The van der Waals surface area contributed by atoms with E-state index in [1.165, 1.54) is 25.7 Å². The zero-order valence-electron chi connectivity index (χ0n) is 9.76. The van der Waals surface area contributed by atoms with Gasteiger partial charge in [-0.25, -0.2) is 0 Å². The lowest BCUT2D eigenvalue weighted by atomic mass is 10.1. The van der Waals surface area contributed by atoms with E-state index in [0.717, 1.165) is 17.1 Å². The molecule has 1 saturated carbocycles. The Kier molecular flexibility index (Phi) is 2.87. The lowest BCUT2D eigenvalue weighted by molar-refractivity contribution is 0.210. The summed E-state index contributed by atoms with van der Waals surface area (Å²) >= 11 is 0. The van der Waals surface area contributed by atoms with Crippen molar-refractivity contribution in [2.75, 3.05) is 0 Å². The molecule has 17 heavy (non-hydrogen) atoms. The first kappa shape index (κ1) is 10.5. The van der Waals surface area contributed by atoms with Gasteiger partial charge in [-0.2, -0.15) is 0 Å². The van der Waals surface area contributed by atoms with Crippen LogP contribution in [-0.4, -0.2) is 6.10 Å². The maximum absolute atomic E-state index is 5.97. The number of hydrogen-bond acceptors (Lipinski definition) is 2. The van der Waals surface area contributed by atoms with Crippen LogP contribution in [0.1, 0.15) is 25.7 Å². The van der Waals surface area contributed by atoms with Gasteiger partial charge in [-0.05, 0) is 49.9 Å². The maximum atomic E-state index is 5.97. The van der Waals surface area contributed by atoms with Gasteiger partial charge in [0.15, 0.2) is 0 Å². The average molecular weight is 228 g/mol. The van der Waals surface area contributed by atoms with Gasteiger partial charge in [-0.15, -0.1) is 0 Å². The highest BCUT2D eigenvalue weighted by atomic mass is 16.5. The number of benzene rings is 1. The Balaban J connectivity index is 1.79. The molecule has 0 spiro atoms. The molecule has 0 aliphatic heterocycles. The lowest BCUT2D eigenvalue weighted by Gasteiger charge is -2.13. The number of hydrogen-bond donors (Lipinski definition) is 0. The first-order valence-corrected chi connectivity index (χ1v) is 6.22. The van der Waals surface area contributed by atoms with Crippen LogP contribution in [0.25, 0.3) is 11.3 Å². The molecule has 1 fully saturated rings. The number of furan rings is 1. The third-order valence-corrected chi connectivity index (χ3v) is 3.24. The topological polar surface area (TPSA) is 22.4 Å². The van der Waals surface area contributed by atoms with Crippen molar-refractivity contribution in [1.29, 1.82) is 0 Å². The Hall–Kier alpha value is -1.70. The van der Waals surface area contributed by atoms with Gasteiger partial charge in [-0.3, -0.25) is 0 Å². The average Bonchev–Trinajstić information content (AvgIpc) is 3.01. The summed E-state index contributed by atoms with van der Waals surface area (Å²) in [5, 5.41) is 0. The molecular weight excluding hydrogens is 212 g/mol. The molecule has 1 heterocycles. The Morgan fingerprint density at radius 2 is 1.94 bits per heavy atom. The smallest absolute Gasteiger partial charge is 0.133 e. The van der Waals surface area contributed by atoms with Gasteiger partial charge >= 0.3 is 0 Å². The summed E-state index contributed by atoms with van der Waals surface area (Å²) in [5.41, 5.74) is 1.07. The molecule has 0 N–H and O–H groups in total. The zero-order chi connectivity index (χ0) is 11.5. The fraction of sp³-hybridized carbons (Fsp3) is 0.333. The monoisotopic (exact) mass is 228 g/mol. The summed E-state index contributed by atoms with van der Waals surface area (Å²) in [5.74, 6) is 1.84. The minimum atomic E-state index is 0.404. The molecule has 0 unspecified atom stereocenters. The largest absolute Gasteiger partial charge is 0.490 e. The first-order valence-electron chi connectivity index (χ1n) is 6.22. The lowest BCUT2D eigenvalue weighted by Crippen LogP contribution is -2.10. The molecule has 1 aromatic heterocycles. The highest BCUT2D eigenvalue weighted by Gasteiger charge is 2.16. The SMILES string of the molecule is c1cc(OC2CCCC2)cc(-c2ccco2)c1. The molecule has 1 aromatic carbocycles. The van der Waals surface area contributed by atoms with Crippen LogP contribution in [0.3, 0.4) is 0 Å². The van der Waals surface area contributed by atoms with Crippen molar-refractivity contribution in [2.45, 2.75) is 31.8 Å². The molecule has 2 aromatic rings. The minimum absolute atomic E-state index is 0.404. The fourth-order valence-electron chi connectivity index (χ4n) is 2.36. The van der Waals surface area contributed by atoms with Crippen molar-refractivity contribution >= 4 is 0 Å². The van der Waals surface area contributed by atoms with Crippen LogP contribution in [0.2, 0.25) is 0 Å². The maximum Gasteiger partial charge on any atom is 0.133 e. The Labute approximate surface area is 101 Å². The van der Waals surface area contributed by atoms with Crippen LogP contribution >= 0.6 is 0 Å². The van der Waals surface area contributed by atoms with Crippen LogP contribution < -0.4 is 4.74 Å². The molecule has 3 rings (SSSR count). The minimum Gasteiger partial charge on any atom is -0.490 e. The molecule has 0 radical (unpaired) electrons. The zero-order valence-corrected chi connectivity index (χ0v) is 9.76. The molecule has 0 saturated heterocycles. The van der Waals surface area contributed by atoms with E-state index in [0.29, 0.717) is 6.10 Å². The van der Waals surface area contributed by atoms with Gasteiger partial charge in [0.2, 0.25) is 0 Å². The van der Waals surface area contributed by atoms with E-state index in [2.05, 4.69) is 6.07 Å². The molecule has 2 heteroatoms. The Morgan fingerprint density at radius 3 is 2.71 bits per heavy atom. The summed E-state index contributed by atoms with van der Waals surface area (Å²) in [6.45, 7) is 0. The standard InChI is InChI=1S/C15H16O2/c1-2-7-13(6-1)17-14-8-3-5-12(11-14)15-9-4-10-16-15/h3-5,8-11,13H,1-2,6-7H2. The quantitative estimate of drug-likeness (QED) is 0.782. The molecular formula is C15H16O2. The van der Waals surface area contributed by atoms with Crippen molar-refractivity contribution in [1.82, 2.24) is 0 Å². The van der Waals surface area contributed by atoms with E-state index in [1.54, 1.807) is 6.26 Å². The highest BCUT2D eigenvalue weighted by molar-refractivity contribution is 5.59. The Morgan fingerprint density at radius 1 is 1.06 bits per heavy atom. The highest BCUT2D eigenvalue weighted by Crippen LogP contribution is 2.28. The number of ether oxygens (including phenoxy) is 1. The van der Waals surface area contributed by atoms with Gasteiger partial charge in [0.25, 0.3) is 0 Å². The molecule has 1 aliphatic carbocycles. The first-order chi connectivity index (χ1) is 8.42. The predicted octanol–water partition coefficient (Wildman–Crippen LogP) is 4.27. The second-order valence-electron chi connectivity index (χ2n) is 4.53. The van der Waals surface area contributed by atoms with Crippen molar-refractivity contribution in [3.63, 3.8) is 0 Å². The van der Waals surface area contributed by atoms with E-state index in [-0.39, 0.29) is 0 Å². The summed E-state index contributed by atoms with van der Waals surface area (Å²) in [6.07, 6.45) is 7.06. The van der Waals surface area contributed by atoms with Crippen LogP contribution in [0.15, 0.2) is 47.1 Å². The van der Waals surface area contributed by atoms with Crippen LogP contribution in [0.4, 0.5) is 0 Å². The van der Waals surface area contributed by atoms with Crippen LogP contribution in [0, 0.1) is 0 Å². The van der Waals surface area contributed by atoms with Crippen molar-refractivity contribution < 1.29 is 9.15 Å². The van der Waals surface area contributed by atoms with Gasteiger partial charge in [0.05, 0.1) is 12.4 Å². The second-order valence-corrected chi connectivity index (χ2v) is 4.53. The van der Waals surface area contributed by atoms with Crippen LogP contribution in [-0.2, 0) is 0 Å². The van der Waals surface area contributed by atoms with Gasteiger partial charge in [0.1, 0.15) is 11.5 Å². The molecule has 1 aliphatic rings. The molecule has 0 atom stereocenters. The van der Waals surface area contributed by atoms with E-state index < -0.39 is 0 Å². The van der Waals surface area contributed by atoms with E-state index in [4.69, 9.17) is 9.15 Å². The van der Waals surface area contributed by atoms with E-state index in [1.807, 2.05) is 30.3 Å². The van der Waals surface area contributed by atoms with E-state index >= 15 is 0 Å². The Bertz CT molecular complexity index is 467. The normalized spacial score (nSPS) is 16.2. The number of rotatable bonds is 3. The summed E-state index contributed by atoms with van der Waals surface area (Å²) in [7, 11) is 0. The summed E-state index contributed by atoms with van der Waals surface area (Å²) < 4.78 is 11.4. The molecule has 0 bridgehead atoms. The van der Waals surface area contributed by atoms with Crippen LogP contribution in [0.5, 0.6) is 5.75 Å². The predicted molar refractivity (Wildman–Crippen MR) is 67.0 cm³/mol. The summed E-state index contributed by atoms with van der Waals surface area (Å²) in [6, 6.07) is 12.0. The van der Waals surface area contributed by atoms with Crippen molar-refractivity contribution in [2.24, 2.45) is 0 Å². The van der Waals surface area contributed by atoms with Crippen molar-refractivity contribution in [3.8, 4) is 17.1 Å². The second kappa shape index (κ2) is 4.66. The third-order valence-electron chi connectivity index (χ3n) is 3.24. The summed E-state index contributed by atoms with van der Waals surface area (Å²) in [4.78, 5) is 0. The van der Waals surface area contributed by atoms with Gasteiger partial charge < -0.3 is 9.15 Å². The molecule has 88 valence electrons. The molecule has 0 amide bonds. The van der Waals surface area contributed by atoms with Gasteiger partial charge in [0, 0.05) is 5.56 Å². The fourth-order valence-corrected chi connectivity index (χ4v) is 2.36. The van der Waals surface area contributed by atoms with Gasteiger partial charge in [-0.1, -0.05) is 12.1 Å². The van der Waals surface area contributed by atoms with E-state index in [9.17, 15) is 0 Å². The third kappa shape index (κ3) is 2.36. The van der Waals surface area contributed by atoms with Crippen molar-refractivity contribution in [3.05, 3.63) is 42.7 Å².